The number of carbonyl (C=O) groups excluding carboxylic acids is 2. The molecule has 0 atom stereocenters. The van der Waals surface area contributed by atoms with E-state index in [4.69, 9.17) is 11.6 Å². The Hall–Kier alpha value is -3.18. The Morgan fingerprint density at radius 1 is 0.963 bits per heavy atom. The van der Waals surface area contributed by atoms with Crippen LogP contribution in [0.1, 0.15) is 31.8 Å². The lowest BCUT2D eigenvalue weighted by Gasteiger charge is -2.09. The fourth-order valence-corrected chi connectivity index (χ4v) is 2.65. The first-order valence-electron chi connectivity index (χ1n) is 8.37. The molecule has 3 rings (SSSR count). The van der Waals surface area contributed by atoms with Crippen LogP contribution in [0.2, 0.25) is 5.02 Å². The van der Waals surface area contributed by atoms with Crippen LogP contribution in [0.3, 0.4) is 0 Å². The minimum atomic E-state index is -0.327. The van der Waals surface area contributed by atoms with Crippen LogP contribution < -0.4 is 10.6 Å². The van der Waals surface area contributed by atoms with Crippen LogP contribution in [0.15, 0.2) is 67.0 Å². The van der Waals surface area contributed by atoms with Gasteiger partial charge in [0.15, 0.2) is 0 Å². The molecule has 0 fully saturated rings. The maximum absolute atomic E-state index is 12.4. The molecule has 0 spiro atoms. The summed E-state index contributed by atoms with van der Waals surface area (Å²) in [5.41, 5.74) is 3.21. The Balaban J connectivity index is 1.67. The lowest BCUT2D eigenvalue weighted by molar-refractivity contribution is 0.0950. The lowest BCUT2D eigenvalue weighted by Crippen LogP contribution is -2.23. The van der Waals surface area contributed by atoms with E-state index in [1.165, 1.54) is 18.5 Å². The topological polar surface area (TPSA) is 71.1 Å². The molecular weight excluding hydrogens is 362 g/mol. The number of rotatable bonds is 5. The van der Waals surface area contributed by atoms with Gasteiger partial charge in [0.25, 0.3) is 11.8 Å². The summed E-state index contributed by atoms with van der Waals surface area (Å²) in [5, 5.41) is 6.16. The van der Waals surface area contributed by atoms with Gasteiger partial charge >= 0.3 is 0 Å². The Morgan fingerprint density at radius 2 is 1.63 bits per heavy atom. The van der Waals surface area contributed by atoms with E-state index < -0.39 is 0 Å². The molecule has 5 nitrogen and oxygen atoms in total. The molecule has 1 heterocycles. The lowest BCUT2D eigenvalue weighted by atomic mass is 10.1. The summed E-state index contributed by atoms with van der Waals surface area (Å²) in [6.07, 6.45) is 2.85. The summed E-state index contributed by atoms with van der Waals surface area (Å²) < 4.78 is 0. The molecule has 0 aliphatic heterocycles. The first-order valence-corrected chi connectivity index (χ1v) is 8.75. The van der Waals surface area contributed by atoms with Gasteiger partial charge in [0, 0.05) is 29.6 Å². The third kappa shape index (κ3) is 4.92. The minimum Gasteiger partial charge on any atom is -0.348 e. The van der Waals surface area contributed by atoms with Crippen LogP contribution in [-0.2, 0) is 6.54 Å². The van der Waals surface area contributed by atoms with Crippen molar-refractivity contribution in [2.75, 3.05) is 5.32 Å². The average molecular weight is 380 g/mol. The summed E-state index contributed by atoms with van der Waals surface area (Å²) in [4.78, 5) is 28.8. The molecule has 136 valence electrons. The van der Waals surface area contributed by atoms with E-state index >= 15 is 0 Å². The van der Waals surface area contributed by atoms with Crippen molar-refractivity contribution in [3.8, 4) is 0 Å². The number of hydrogen-bond donors (Lipinski definition) is 2. The standard InChI is InChI=1S/C21H18ClN3O2/c1-14-6-8-18(9-7-14)25-21(27)17-10-16(11-23-12-17)20(26)24-13-15-4-2-3-5-19(15)22/h2-12H,13H2,1H3,(H,24,26)(H,25,27). The number of nitrogens with one attached hydrogen (secondary N) is 2. The molecule has 0 radical (unpaired) electrons. The maximum atomic E-state index is 12.4. The fourth-order valence-electron chi connectivity index (χ4n) is 2.45. The van der Waals surface area contributed by atoms with E-state index in [1.54, 1.807) is 6.07 Å². The second-order valence-electron chi connectivity index (χ2n) is 6.06. The van der Waals surface area contributed by atoms with Crippen molar-refractivity contribution < 1.29 is 9.59 Å². The predicted molar refractivity (Wildman–Crippen MR) is 106 cm³/mol. The average Bonchev–Trinajstić information content (AvgIpc) is 2.69. The van der Waals surface area contributed by atoms with Gasteiger partial charge in [-0.3, -0.25) is 14.6 Å². The summed E-state index contributed by atoms with van der Waals surface area (Å²) in [7, 11) is 0. The first kappa shape index (κ1) is 18.6. The molecule has 2 N–H and O–H groups in total. The van der Waals surface area contributed by atoms with Gasteiger partial charge in [-0.2, -0.15) is 0 Å². The largest absolute Gasteiger partial charge is 0.348 e. The summed E-state index contributed by atoms with van der Waals surface area (Å²) in [6, 6.07) is 16.3. The van der Waals surface area contributed by atoms with Crippen molar-refractivity contribution in [3.63, 3.8) is 0 Å². The van der Waals surface area contributed by atoms with Gasteiger partial charge in [0.1, 0.15) is 0 Å². The third-order valence-corrected chi connectivity index (χ3v) is 4.34. The number of aryl methyl sites for hydroxylation is 1. The molecule has 0 bridgehead atoms. The molecule has 6 heteroatoms. The van der Waals surface area contributed by atoms with Gasteiger partial charge < -0.3 is 10.6 Å². The number of pyridine rings is 1. The number of amides is 2. The monoisotopic (exact) mass is 379 g/mol. The molecule has 0 aliphatic rings. The molecule has 2 amide bonds. The van der Waals surface area contributed by atoms with Gasteiger partial charge in [-0.15, -0.1) is 0 Å². The van der Waals surface area contributed by atoms with Gasteiger partial charge in [0.2, 0.25) is 0 Å². The van der Waals surface area contributed by atoms with Crippen molar-refractivity contribution >= 4 is 29.1 Å². The number of carbonyl (C=O) groups is 2. The van der Waals surface area contributed by atoms with Gasteiger partial charge in [0.05, 0.1) is 11.1 Å². The van der Waals surface area contributed by atoms with Crippen LogP contribution in [0.25, 0.3) is 0 Å². The quantitative estimate of drug-likeness (QED) is 0.697. The van der Waals surface area contributed by atoms with E-state index in [-0.39, 0.29) is 18.4 Å². The highest BCUT2D eigenvalue weighted by Gasteiger charge is 2.12. The van der Waals surface area contributed by atoms with Crippen molar-refractivity contribution in [1.29, 1.82) is 0 Å². The highest BCUT2D eigenvalue weighted by molar-refractivity contribution is 6.31. The normalized spacial score (nSPS) is 10.3. The smallest absolute Gasteiger partial charge is 0.257 e. The molecule has 3 aromatic rings. The maximum Gasteiger partial charge on any atom is 0.257 e. The van der Waals surface area contributed by atoms with Crippen LogP contribution >= 0.6 is 11.6 Å². The van der Waals surface area contributed by atoms with Crippen LogP contribution in [0, 0.1) is 6.92 Å². The number of hydrogen-bond acceptors (Lipinski definition) is 3. The van der Waals surface area contributed by atoms with Crippen LogP contribution in [-0.4, -0.2) is 16.8 Å². The van der Waals surface area contributed by atoms with Crippen LogP contribution in [0.4, 0.5) is 5.69 Å². The number of nitrogens with zero attached hydrogens (tertiary/aromatic N) is 1. The zero-order chi connectivity index (χ0) is 19.2. The van der Waals surface area contributed by atoms with Crippen molar-refractivity contribution in [2.24, 2.45) is 0 Å². The number of aromatic nitrogens is 1. The summed E-state index contributed by atoms with van der Waals surface area (Å²) >= 11 is 6.09. The molecule has 1 aromatic heterocycles. The third-order valence-electron chi connectivity index (χ3n) is 3.97. The predicted octanol–water partition coefficient (Wildman–Crippen LogP) is 4.23. The van der Waals surface area contributed by atoms with Gasteiger partial charge in [-0.1, -0.05) is 47.5 Å². The van der Waals surface area contributed by atoms with Crippen LogP contribution in [0.5, 0.6) is 0 Å². The Kier molecular flexibility index (Phi) is 5.84. The molecular formula is C21H18ClN3O2. The van der Waals surface area contributed by atoms with E-state index in [0.717, 1.165) is 11.1 Å². The van der Waals surface area contributed by atoms with Crippen molar-refractivity contribution in [3.05, 3.63) is 94.3 Å². The highest BCUT2D eigenvalue weighted by atomic mass is 35.5. The summed E-state index contributed by atoms with van der Waals surface area (Å²) in [5.74, 6) is -0.653. The second kappa shape index (κ2) is 8.47. The van der Waals surface area contributed by atoms with E-state index in [9.17, 15) is 9.59 Å². The zero-order valence-electron chi connectivity index (χ0n) is 14.7. The SMILES string of the molecule is Cc1ccc(NC(=O)c2cncc(C(=O)NCc3ccccc3Cl)c2)cc1. The Labute approximate surface area is 162 Å². The van der Waals surface area contributed by atoms with Crippen molar-refractivity contribution in [1.82, 2.24) is 10.3 Å². The molecule has 27 heavy (non-hydrogen) atoms. The zero-order valence-corrected chi connectivity index (χ0v) is 15.5. The Morgan fingerprint density at radius 3 is 2.33 bits per heavy atom. The molecule has 0 aliphatic carbocycles. The van der Waals surface area contributed by atoms with Crippen molar-refractivity contribution in [2.45, 2.75) is 13.5 Å². The minimum absolute atomic E-state index is 0.290. The van der Waals surface area contributed by atoms with Gasteiger partial charge in [-0.05, 0) is 36.8 Å². The van der Waals surface area contributed by atoms with E-state index in [2.05, 4.69) is 15.6 Å². The molecule has 0 unspecified atom stereocenters. The highest BCUT2D eigenvalue weighted by Crippen LogP contribution is 2.15. The Bertz CT molecular complexity index is 971. The molecule has 2 aromatic carbocycles. The van der Waals surface area contributed by atoms with E-state index in [1.807, 2.05) is 49.4 Å². The fraction of sp³-hybridized carbons (Fsp3) is 0.0952. The molecule has 0 saturated carbocycles. The number of halogens is 1. The van der Waals surface area contributed by atoms with E-state index in [0.29, 0.717) is 21.8 Å². The first-order chi connectivity index (χ1) is 13.0. The summed E-state index contributed by atoms with van der Waals surface area (Å²) in [6.45, 7) is 2.26. The second-order valence-corrected chi connectivity index (χ2v) is 6.46. The molecule has 0 saturated heterocycles. The number of anilines is 1. The number of benzene rings is 2. The van der Waals surface area contributed by atoms with Gasteiger partial charge in [-0.25, -0.2) is 0 Å².